The average Bonchev–Trinajstić information content (AvgIpc) is 2.71. The number of rotatable bonds is 5. The molecule has 0 saturated carbocycles. The number of aromatic nitrogens is 3. The first-order valence-electron chi connectivity index (χ1n) is 8.23. The zero-order valence-electron chi connectivity index (χ0n) is 15.3. The molecule has 2 aromatic heterocycles. The van der Waals surface area contributed by atoms with E-state index in [1.165, 1.54) is 25.3 Å². The standard InChI is InChI=1S/C19H14Cl3FN4O2/c1-27(9-14-12(21)4-3-7-24-14)18-15(22)16(19(28)29-2)25-17(26-18)10-5-6-11(20)13(23)8-10/h3-8H,9H2,1-2H3. The fourth-order valence-electron chi connectivity index (χ4n) is 2.52. The first-order valence-corrected chi connectivity index (χ1v) is 9.37. The predicted octanol–water partition coefficient (Wildman–Crippen LogP) is 5.06. The highest BCUT2D eigenvalue weighted by atomic mass is 35.5. The molecule has 1 aromatic carbocycles. The number of halogens is 4. The van der Waals surface area contributed by atoms with Gasteiger partial charge in [0.25, 0.3) is 0 Å². The van der Waals surface area contributed by atoms with Gasteiger partial charge in [0.2, 0.25) is 0 Å². The van der Waals surface area contributed by atoms with Crippen LogP contribution in [0.15, 0.2) is 36.5 Å². The summed E-state index contributed by atoms with van der Waals surface area (Å²) in [5.41, 5.74) is 0.757. The molecule has 10 heteroatoms. The number of methoxy groups -OCH3 is 1. The number of benzene rings is 1. The van der Waals surface area contributed by atoms with Gasteiger partial charge in [0, 0.05) is 18.8 Å². The molecule has 29 heavy (non-hydrogen) atoms. The third kappa shape index (κ3) is 4.58. The van der Waals surface area contributed by atoms with Crippen molar-refractivity contribution >= 4 is 46.6 Å². The maximum atomic E-state index is 13.9. The van der Waals surface area contributed by atoms with E-state index in [0.29, 0.717) is 16.3 Å². The molecule has 2 heterocycles. The quantitative estimate of drug-likeness (QED) is 0.501. The minimum atomic E-state index is -0.751. The van der Waals surface area contributed by atoms with Crippen LogP contribution >= 0.6 is 34.8 Å². The van der Waals surface area contributed by atoms with Gasteiger partial charge in [-0.3, -0.25) is 4.98 Å². The van der Waals surface area contributed by atoms with E-state index in [2.05, 4.69) is 15.0 Å². The number of hydrogen-bond acceptors (Lipinski definition) is 6. The molecule has 0 aliphatic carbocycles. The van der Waals surface area contributed by atoms with Gasteiger partial charge in [0.15, 0.2) is 17.3 Å². The Morgan fingerprint density at radius 1 is 1.17 bits per heavy atom. The predicted molar refractivity (Wildman–Crippen MR) is 110 cm³/mol. The average molecular weight is 456 g/mol. The van der Waals surface area contributed by atoms with Crippen LogP contribution in [-0.2, 0) is 11.3 Å². The summed E-state index contributed by atoms with van der Waals surface area (Å²) in [5, 5.41) is 0.417. The topological polar surface area (TPSA) is 68.2 Å². The lowest BCUT2D eigenvalue weighted by Gasteiger charge is -2.21. The van der Waals surface area contributed by atoms with E-state index >= 15 is 0 Å². The van der Waals surface area contributed by atoms with Gasteiger partial charge < -0.3 is 9.64 Å². The van der Waals surface area contributed by atoms with Crippen LogP contribution in [0.4, 0.5) is 10.2 Å². The van der Waals surface area contributed by atoms with Gasteiger partial charge in [0.05, 0.1) is 29.4 Å². The number of ether oxygens (including phenoxy) is 1. The van der Waals surface area contributed by atoms with Gasteiger partial charge in [-0.05, 0) is 30.3 Å². The minimum absolute atomic E-state index is 0.00964. The van der Waals surface area contributed by atoms with Crippen molar-refractivity contribution in [3.8, 4) is 11.4 Å². The summed E-state index contributed by atoms with van der Waals surface area (Å²) in [5.74, 6) is -1.08. The van der Waals surface area contributed by atoms with E-state index in [0.717, 1.165) is 0 Å². The zero-order valence-corrected chi connectivity index (χ0v) is 17.6. The Morgan fingerprint density at radius 3 is 2.59 bits per heavy atom. The molecule has 0 bridgehead atoms. The highest BCUT2D eigenvalue weighted by Crippen LogP contribution is 2.31. The molecule has 0 radical (unpaired) electrons. The molecule has 0 N–H and O–H groups in total. The SMILES string of the molecule is COC(=O)c1nc(-c2ccc(Cl)c(F)c2)nc(N(C)Cc2ncccc2Cl)c1Cl. The zero-order chi connectivity index (χ0) is 21.1. The number of esters is 1. The van der Waals surface area contributed by atoms with E-state index in [-0.39, 0.29) is 33.9 Å². The first kappa shape index (κ1) is 21.2. The van der Waals surface area contributed by atoms with E-state index < -0.39 is 11.8 Å². The van der Waals surface area contributed by atoms with Crippen LogP contribution in [0.25, 0.3) is 11.4 Å². The van der Waals surface area contributed by atoms with Crippen LogP contribution in [0.2, 0.25) is 15.1 Å². The van der Waals surface area contributed by atoms with Crippen LogP contribution in [0.5, 0.6) is 0 Å². The number of pyridine rings is 1. The van der Waals surface area contributed by atoms with Crippen LogP contribution in [-0.4, -0.2) is 35.1 Å². The largest absolute Gasteiger partial charge is 0.464 e. The van der Waals surface area contributed by atoms with Crippen molar-refractivity contribution in [3.63, 3.8) is 0 Å². The minimum Gasteiger partial charge on any atom is -0.464 e. The van der Waals surface area contributed by atoms with Gasteiger partial charge in [-0.15, -0.1) is 0 Å². The normalized spacial score (nSPS) is 10.7. The molecular weight excluding hydrogens is 442 g/mol. The molecule has 0 aliphatic rings. The summed E-state index contributed by atoms with van der Waals surface area (Å²) in [6.07, 6.45) is 1.61. The second-order valence-corrected chi connectivity index (χ2v) is 7.13. The fraction of sp³-hybridized carbons (Fsp3) is 0.158. The summed E-state index contributed by atoms with van der Waals surface area (Å²) in [4.78, 5) is 26.6. The van der Waals surface area contributed by atoms with Crippen molar-refractivity contribution in [2.24, 2.45) is 0 Å². The number of nitrogens with zero attached hydrogens (tertiary/aromatic N) is 4. The number of carbonyl (C=O) groups is 1. The molecule has 0 aliphatic heterocycles. The molecule has 3 aromatic rings. The number of carbonyl (C=O) groups excluding carboxylic acids is 1. The van der Waals surface area contributed by atoms with E-state index in [9.17, 15) is 9.18 Å². The van der Waals surface area contributed by atoms with E-state index in [1.807, 2.05) is 0 Å². The highest BCUT2D eigenvalue weighted by molar-refractivity contribution is 6.35. The smallest absolute Gasteiger partial charge is 0.358 e. The van der Waals surface area contributed by atoms with Crippen LogP contribution in [0, 0.1) is 5.82 Å². The van der Waals surface area contributed by atoms with Crippen molar-refractivity contribution in [3.05, 3.63) is 68.8 Å². The molecule has 0 atom stereocenters. The third-order valence-electron chi connectivity index (χ3n) is 3.97. The molecule has 3 rings (SSSR count). The Balaban J connectivity index is 2.10. The summed E-state index contributed by atoms with van der Waals surface area (Å²) in [6, 6.07) is 7.51. The Bertz CT molecular complexity index is 1080. The summed E-state index contributed by atoms with van der Waals surface area (Å²) in [6.45, 7) is 0.255. The highest BCUT2D eigenvalue weighted by Gasteiger charge is 2.23. The third-order valence-corrected chi connectivity index (χ3v) is 4.97. The Morgan fingerprint density at radius 2 is 1.93 bits per heavy atom. The lowest BCUT2D eigenvalue weighted by molar-refractivity contribution is 0.0594. The van der Waals surface area contributed by atoms with Gasteiger partial charge in [-0.25, -0.2) is 19.2 Å². The van der Waals surface area contributed by atoms with Crippen LogP contribution < -0.4 is 4.90 Å². The summed E-state index contributed by atoms with van der Waals surface area (Å²) >= 11 is 18.3. The van der Waals surface area contributed by atoms with Gasteiger partial charge in [-0.1, -0.05) is 34.8 Å². The van der Waals surface area contributed by atoms with Crippen molar-refractivity contribution in [2.75, 3.05) is 19.1 Å². The monoisotopic (exact) mass is 454 g/mol. The Kier molecular flexibility index (Phi) is 6.52. The molecule has 0 unspecified atom stereocenters. The Hall–Kier alpha value is -2.48. The molecular formula is C19H14Cl3FN4O2. The Labute approximate surface area is 181 Å². The lowest BCUT2D eigenvalue weighted by Crippen LogP contribution is -2.21. The summed E-state index contributed by atoms with van der Waals surface area (Å²) < 4.78 is 18.7. The summed E-state index contributed by atoms with van der Waals surface area (Å²) in [7, 11) is 2.91. The first-order chi connectivity index (χ1) is 13.8. The van der Waals surface area contributed by atoms with Gasteiger partial charge in [0.1, 0.15) is 10.8 Å². The fourth-order valence-corrected chi connectivity index (χ4v) is 3.12. The molecule has 0 spiro atoms. The van der Waals surface area contributed by atoms with E-state index in [1.54, 1.807) is 30.3 Å². The molecule has 6 nitrogen and oxygen atoms in total. The molecule has 0 saturated heterocycles. The maximum absolute atomic E-state index is 13.9. The van der Waals surface area contributed by atoms with Gasteiger partial charge in [-0.2, -0.15) is 0 Å². The van der Waals surface area contributed by atoms with Crippen molar-refractivity contribution < 1.29 is 13.9 Å². The second-order valence-electron chi connectivity index (χ2n) is 5.94. The van der Waals surface area contributed by atoms with Crippen molar-refractivity contribution in [1.82, 2.24) is 15.0 Å². The number of hydrogen-bond donors (Lipinski definition) is 0. The maximum Gasteiger partial charge on any atom is 0.358 e. The van der Waals surface area contributed by atoms with Crippen LogP contribution in [0.1, 0.15) is 16.2 Å². The van der Waals surface area contributed by atoms with E-state index in [4.69, 9.17) is 39.5 Å². The molecule has 0 fully saturated rings. The lowest BCUT2D eigenvalue weighted by atomic mass is 10.2. The molecule has 150 valence electrons. The van der Waals surface area contributed by atoms with Gasteiger partial charge >= 0.3 is 5.97 Å². The number of anilines is 1. The van der Waals surface area contributed by atoms with Crippen LogP contribution in [0.3, 0.4) is 0 Å². The second kappa shape index (κ2) is 8.90. The molecule has 0 amide bonds. The van der Waals surface area contributed by atoms with Crippen molar-refractivity contribution in [2.45, 2.75) is 6.54 Å². The van der Waals surface area contributed by atoms with Crippen molar-refractivity contribution in [1.29, 1.82) is 0 Å².